The molecule has 1 amide bonds. The van der Waals surface area contributed by atoms with Crippen LogP contribution in [-0.4, -0.2) is 32.2 Å². The van der Waals surface area contributed by atoms with Crippen LogP contribution in [0.2, 0.25) is 0 Å². The van der Waals surface area contributed by atoms with Crippen molar-refractivity contribution in [2.75, 3.05) is 12.5 Å². The molecule has 0 spiro atoms. The van der Waals surface area contributed by atoms with E-state index in [1.54, 1.807) is 4.57 Å². The van der Waals surface area contributed by atoms with Gasteiger partial charge in [-0.3, -0.25) is 9.36 Å². The minimum Gasteiger partial charge on any atom is -0.454 e. The number of nitrogens with two attached hydrogens (primary N) is 2. The lowest BCUT2D eigenvalue weighted by Gasteiger charge is -2.08. The second kappa shape index (κ2) is 6.22. The molecule has 0 aliphatic carbocycles. The maximum absolute atomic E-state index is 11.5. The van der Waals surface area contributed by atoms with Gasteiger partial charge in [0.1, 0.15) is 12.9 Å². The van der Waals surface area contributed by atoms with E-state index in [1.807, 2.05) is 12.1 Å². The summed E-state index contributed by atoms with van der Waals surface area (Å²) in [5.74, 6) is 1.11. The summed E-state index contributed by atoms with van der Waals surface area (Å²) >= 11 is 3.57. The highest BCUT2D eigenvalue weighted by atomic mass is 127. The molecule has 25 heavy (non-hydrogen) atoms. The molecule has 0 bridgehead atoms. The molecule has 128 valence electrons. The van der Waals surface area contributed by atoms with Crippen LogP contribution in [0.3, 0.4) is 0 Å². The Balaban J connectivity index is 1.81. The highest BCUT2D eigenvalue weighted by molar-refractivity contribution is 14.1. The number of carbonyl (C=O) groups is 1. The number of hydrogen-bond donors (Lipinski definition) is 2. The van der Waals surface area contributed by atoms with Crippen molar-refractivity contribution >= 4 is 57.2 Å². The van der Waals surface area contributed by atoms with Gasteiger partial charge in [-0.25, -0.2) is 15.0 Å². The van der Waals surface area contributed by atoms with Gasteiger partial charge in [0.15, 0.2) is 33.6 Å². The Morgan fingerprint density at radius 2 is 2.08 bits per heavy atom. The van der Waals surface area contributed by atoms with Gasteiger partial charge in [-0.2, -0.15) is 0 Å². The Morgan fingerprint density at radius 1 is 1.32 bits per heavy atom. The third kappa shape index (κ3) is 2.93. The number of rotatable bonds is 4. The van der Waals surface area contributed by atoms with Gasteiger partial charge in [0, 0.05) is 8.47 Å². The van der Waals surface area contributed by atoms with Crippen LogP contribution in [0.4, 0.5) is 5.82 Å². The van der Waals surface area contributed by atoms with Crippen molar-refractivity contribution in [1.82, 2.24) is 19.5 Å². The molecule has 2 aromatic heterocycles. The first-order chi connectivity index (χ1) is 12.0. The predicted molar refractivity (Wildman–Crippen MR) is 98.3 cm³/mol. The van der Waals surface area contributed by atoms with E-state index in [1.165, 1.54) is 18.1 Å². The summed E-state index contributed by atoms with van der Waals surface area (Å²) in [5.41, 5.74) is 12.1. The molecule has 3 heterocycles. The SMILES string of the molecule is NC(=O)Cn1c(Sc2cc3c(cc2I)OCO3)nc2c(N)ncnc21. The average molecular weight is 470 g/mol. The largest absolute Gasteiger partial charge is 0.454 e. The molecule has 1 aliphatic heterocycles. The summed E-state index contributed by atoms with van der Waals surface area (Å²) in [4.78, 5) is 25.0. The fourth-order valence-electron chi connectivity index (χ4n) is 2.39. The van der Waals surface area contributed by atoms with E-state index in [2.05, 4.69) is 37.5 Å². The van der Waals surface area contributed by atoms with Crippen molar-refractivity contribution < 1.29 is 14.3 Å². The monoisotopic (exact) mass is 470 g/mol. The predicted octanol–water partition coefficient (Wildman–Crippen LogP) is 1.38. The van der Waals surface area contributed by atoms with Crippen molar-refractivity contribution in [3.8, 4) is 11.5 Å². The third-order valence-electron chi connectivity index (χ3n) is 3.47. The van der Waals surface area contributed by atoms with Crippen LogP contribution >= 0.6 is 34.4 Å². The van der Waals surface area contributed by atoms with E-state index in [0.29, 0.717) is 27.8 Å². The standard InChI is InChI=1S/C14H11IN6O3S/c15-6-1-7-8(24-5-23-7)2-9(6)25-14-20-11-12(17)18-4-19-13(11)21(14)3-10(16)22/h1-2,4H,3,5H2,(H2,16,22)(H2,17,18,19). The summed E-state index contributed by atoms with van der Waals surface area (Å²) < 4.78 is 13.4. The number of amides is 1. The number of imidazole rings is 1. The lowest BCUT2D eigenvalue weighted by atomic mass is 10.3. The molecule has 0 saturated heterocycles. The van der Waals surface area contributed by atoms with E-state index in [-0.39, 0.29) is 19.2 Å². The minimum atomic E-state index is -0.501. The molecule has 1 aliphatic rings. The van der Waals surface area contributed by atoms with Crippen molar-refractivity contribution in [3.05, 3.63) is 22.0 Å². The van der Waals surface area contributed by atoms with Crippen molar-refractivity contribution in [1.29, 1.82) is 0 Å². The summed E-state index contributed by atoms with van der Waals surface area (Å²) in [6.45, 7) is 0.141. The number of anilines is 1. The number of benzene rings is 1. The fourth-order valence-corrected chi connectivity index (χ4v) is 4.07. The summed E-state index contributed by atoms with van der Waals surface area (Å²) in [5, 5.41) is 0.540. The quantitative estimate of drug-likeness (QED) is 0.547. The van der Waals surface area contributed by atoms with E-state index < -0.39 is 5.91 Å². The molecule has 4 rings (SSSR count). The first-order valence-electron chi connectivity index (χ1n) is 7.05. The highest BCUT2D eigenvalue weighted by Gasteiger charge is 2.21. The molecule has 4 N–H and O–H groups in total. The van der Waals surface area contributed by atoms with Crippen molar-refractivity contribution in [2.24, 2.45) is 5.73 Å². The Morgan fingerprint density at radius 3 is 2.84 bits per heavy atom. The second-order valence-electron chi connectivity index (χ2n) is 5.12. The number of ether oxygens (including phenoxy) is 2. The van der Waals surface area contributed by atoms with E-state index in [0.717, 1.165) is 8.47 Å². The van der Waals surface area contributed by atoms with Gasteiger partial charge in [-0.1, -0.05) is 11.8 Å². The smallest absolute Gasteiger partial charge is 0.237 e. The normalized spacial score (nSPS) is 12.7. The van der Waals surface area contributed by atoms with Gasteiger partial charge < -0.3 is 20.9 Å². The zero-order valence-electron chi connectivity index (χ0n) is 12.6. The van der Waals surface area contributed by atoms with Crippen LogP contribution in [0.25, 0.3) is 11.2 Å². The fraction of sp³-hybridized carbons (Fsp3) is 0.143. The Hall–Kier alpha value is -2.28. The maximum atomic E-state index is 11.5. The molecule has 0 saturated carbocycles. The molecule has 9 nitrogen and oxygen atoms in total. The van der Waals surface area contributed by atoms with Gasteiger partial charge in [-0.05, 0) is 34.7 Å². The van der Waals surface area contributed by atoms with Crippen LogP contribution in [0.1, 0.15) is 0 Å². The zero-order valence-corrected chi connectivity index (χ0v) is 15.6. The minimum absolute atomic E-state index is 0.0591. The van der Waals surface area contributed by atoms with Gasteiger partial charge in [-0.15, -0.1) is 0 Å². The number of nitrogens with zero attached hydrogens (tertiary/aromatic N) is 4. The molecule has 0 fully saturated rings. The topological polar surface area (TPSA) is 131 Å². The van der Waals surface area contributed by atoms with Gasteiger partial charge >= 0.3 is 0 Å². The first-order valence-corrected chi connectivity index (χ1v) is 8.94. The molecule has 11 heteroatoms. The van der Waals surface area contributed by atoms with Crippen LogP contribution in [-0.2, 0) is 11.3 Å². The number of fused-ring (bicyclic) bond motifs is 2. The maximum Gasteiger partial charge on any atom is 0.237 e. The molecule has 0 radical (unpaired) electrons. The van der Waals surface area contributed by atoms with E-state index in [4.69, 9.17) is 20.9 Å². The summed E-state index contributed by atoms with van der Waals surface area (Å²) in [6, 6.07) is 3.76. The second-order valence-corrected chi connectivity index (χ2v) is 7.29. The first kappa shape index (κ1) is 16.2. The zero-order chi connectivity index (χ0) is 17.6. The van der Waals surface area contributed by atoms with Crippen LogP contribution < -0.4 is 20.9 Å². The number of halogens is 1. The molecular weight excluding hydrogens is 459 g/mol. The molecule has 1 aromatic carbocycles. The Labute approximate surface area is 159 Å². The summed E-state index contributed by atoms with van der Waals surface area (Å²) in [7, 11) is 0. The van der Waals surface area contributed by atoms with Crippen LogP contribution in [0.5, 0.6) is 11.5 Å². The summed E-state index contributed by atoms with van der Waals surface area (Å²) in [6.07, 6.45) is 1.33. The van der Waals surface area contributed by atoms with Crippen molar-refractivity contribution in [3.63, 3.8) is 0 Å². The molecule has 3 aromatic rings. The van der Waals surface area contributed by atoms with Crippen molar-refractivity contribution in [2.45, 2.75) is 16.6 Å². The van der Waals surface area contributed by atoms with Gasteiger partial charge in [0.05, 0.1) is 0 Å². The number of aromatic nitrogens is 4. The lowest BCUT2D eigenvalue weighted by Crippen LogP contribution is -2.19. The Bertz CT molecular complexity index is 1010. The lowest BCUT2D eigenvalue weighted by molar-refractivity contribution is -0.118. The number of hydrogen-bond acceptors (Lipinski definition) is 8. The van der Waals surface area contributed by atoms with E-state index in [9.17, 15) is 4.79 Å². The number of carbonyl (C=O) groups excluding carboxylic acids is 1. The number of nitrogen functional groups attached to an aromatic ring is 1. The van der Waals surface area contributed by atoms with Gasteiger partial charge in [0.2, 0.25) is 12.7 Å². The highest BCUT2D eigenvalue weighted by Crippen LogP contribution is 2.41. The Kier molecular flexibility index (Phi) is 4.03. The van der Waals surface area contributed by atoms with Crippen LogP contribution in [0.15, 0.2) is 28.5 Å². The molecule has 0 unspecified atom stereocenters. The van der Waals surface area contributed by atoms with E-state index >= 15 is 0 Å². The third-order valence-corrected chi connectivity index (χ3v) is 5.78. The van der Waals surface area contributed by atoms with Crippen LogP contribution in [0, 0.1) is 3.57 Å². The number of primary amides is 1. The molecular formula is C14H11IN6O3S. The van der Waals surface area contributed by atoms with Gasteiger partial charge in [0.25, 0.3) is 0 Å². The molecule has 0 atom stereocenters. The average Bonchev–Trinajstić information content (AvgIpc) is 3.14.